The van der Waals surface area contributed by atoms with Crippen molar-refractivity contribution in [1.29, 1.82) is 0 Å². The topological polar surface area (TPSA) is 63.8 Å². The molecule has 2 aliphatic rings. The predicted molar refractivity (Wildman–Crippen MR) is 149 cm³/mol. The van der Waals surface area contributed by atoms with E-state index in [9.17, 15) is 9.90 Å². The van der Waals surface area contributed by atoms with Crippen molar-refractivity contribution in [2.24, 2.45) is 4.99 Å². The molecule has 1 aliphatic carbocycles. The molecule has 2 heterocycles. The number of halogens is 2. The normalized spacial score (nSPS) is 16.8. The van der Waals surface area contributed by atoms with Gasteiger partial charge in [-0.2, -0.15) is 0 Å². The van der Waals surface area contributed by atoms with E-state index in [0.717, 1.165) is 46.6 Å². The average Bonchev–Trinajstić information content (AvgIpc) is 3.20. The number of phenolic OH excluding ortho intramolecular Hbond substituents is 1. The van der Waals surface area contributed by atoms with Crippen LogP contribution in [0.4, 0.5) is 0 Å². The zero-order chi connectivity index (χ0) is 25.0. The zero-order valence-corrected chi connectivity index (χ0v) is 23.2. The molecule has 180 valence electrons. The monoisotopic (exact) mass is 622 g/mol. The lowest BCUT2D eigenvalue weighted by Gasteiger charge is -2.30. The number of benzene rings is 3. The van der Waals surface area contributed by atoms with Crippen LogP contribution in [-0.4, -0.2) is 16.8 Å². The number of phenols is 1. The first-order valence-corrected chi connectivity index (χ1v) is 13.8. The van der Waals surface area contributed by atoms with Gasteiger partial charge in [0.15, 0.2) is 4.80 Å². The zero-order valence-electron chi connectivity index (χ0n) is 19.2. The van der Waals surface area contributed by atoms with Crippen LogP contribution in [0, 0.1) is 0 Å². The Labute approximate surface area is 228 Å². The second-order valence-electron chi connectivity index (χ2n) is 8.72. The largest absolute Gasteiger partial charge is 0.506 e. The molecule has 4 aromatic rings. The van der Waals surface area contributed by atoms with Crippen molar-refractivity contribution in [2.45, 2.75) is 18.9 Å². The summed E-state index contributed by atoms with van der Waals surface area (Å²) < 4.78 is 8.90. The molecule has 1 aromatic heterocycles. The van der Waals surface area contributed by atoms with Crippen molar-refractivity contribution in [3.05, 3.63) is 117 Å². The van der Waals surface area contributed by atoms with Gasteiger partial charge in [0.25, 0.3) is 5.56 Å². The van der Waals surface area contributed by atoms with Crippen molar-refractivity contribution in [2.75, 3.05) is 7.11 Å². The van der Waals surface area contributed by atoms with Gasteiger partial charge in [-0.15, -0.1) is 0 Å². The smallest absolute Gasteiger partial charge is 0.271 e. The maximum absolute atomic E-state index is 13.8. The molecule has 0 fully saturated rings. The summed E-state index contributed by atoms with van der Waals surface area (Å²) >= 11 is 8.14. The Hall–Kier alpha value is -2.94. The number of hydrogen-bond acceptors (Lipinski definition) is 5. The fourth-order valence-electron chi connectivity index (χ4n) is 4.93. The lowest BCUT2D eigenvalue weighted by atomic mass is 9.83. The second-order valence-corrected chi connectivity index (χ2v) is 11.4. The van der Waals surface area contributed by atoms with E-state index in [-0.39, 0.29) is 17.4 Å². The number of aryl methyl sites for hydroxylation is 1. The van der Waals surface area contributed by atoms with Crippen molar-refractivity contribution >= 4 is 55.0 Å². The quantitative estimate of drug-likeness (QED) is 0.325. The number of rotatable bonds is 3. The number of fused-ring (bicyclic) bond motifs is 3. The molecule has 0 amide bonds. The molecule has 1 atom stereocenters. The van der Waals surface area contributed by atoms with Gasteiger partial charge >= 0.3 is 0 Å². The van der Waals surface area contributed by atoms with Crippen LogP contribution in [0.1, 0.15) is 34.7 Å². The molecule has 0 saturated heterocycles. The number of nitrogens with zero attached hydrogens (tertiary/aromatic N) is 2. The van der Waals surface area contributed by atoms with Gasteiger partial charge in [-0.1, -0.05) is 47.7 Å². The SMILES string of the molecule is COc1ccc([C@@H]2C3=C(N=c4s/c(=C\c5cc(Br)c(O)c(Br)c5)c(=O)n42)c2ccccc2CC3)cc1. The molecule has 3 aromatic carbocycles. The Morgan fingerprint density at radius 3 is 2.53 bits per heavy atom. The number of aromatic nitrogens is 1. The predicted octanol–water partition coefficient (Wildman–Crippen LogP) is 5.56. The molecule has 0 spiro atoms. The molecular formula is C28H20Br2N2O3S. The first-order valence-electron chi connectivity index (χ1n) is 11.4. The maximum atomic E-state index is 13.8. The van der Waals surface area contributed by atoms with Gasteiger partial charge < -0.3 is 9.84 Å². The van der Waals surface area contributed by atoms with Crippen LogP contribution in [0.2, 0.25) is 0 Å². The van der Waals surface area contributed by atoms with Gasteiger partial charge in [0.1, 0.15) is 11.5 Å². The molecular weight excluding hydrogens is 604 g/mol. The van der Waals surface area contributed by atoms with E-state index in [2.05, 4.69) is 50.1 Å². The van der Waals surface area contributed by atoms with Crippen molar-refractivity contribution in [3.8, 4) is 11.5 Å². The van der Waals surface area contributed by atoms with E-state index in [1.807, 2.05) is 41.0 Å². The van der Waals surface area contributed by atoms with Crippen molar-refractivity contribution in [1.82, 2.24) is 4.57 Å². The average molecular weight is 624 g/mol. The van der Waals surface area contributed by atoms with Crippen LogP contribution in [0.25, 0.3) is 11.8 Å². The summed E-state index contributed by atoms with van der Waals surface area (Å²) in [6.07, 6.45) is 3.60. The van der Waals surface area contributed by atoms with Crippen LogP contribution < -0.4 is 19.6 Å². The standard InChI is InChI=1S/C28H20Br2N2O3S/c1-35-18-9-6-17(7-10-18)25-20-11-8-16-4-2-3-5-19(16)24(20)31-28-32(25)27(34)23(36-28)14-15-12-21(29)26(33)22(30)13-15/h2-7,9-10,12-14,25,33H,8,11H2,1H3/b23-14-/t25-/m1/s1. The Morgan fingerprint density at radius 1 is 1.08 bits per heavy atom. The summed E-state index contributed by atoms with van der Waals surface area (Å²) in [5, 5.41) is 10.1. The Balaban J connectivity index is 1.60. The lowest BCUT2D eigenvalue weighted by Crippen LogP contribution is -2.38. The van der Waals surface area contributed by atoms with Crippen molar-refractivity contribution in [3.63, 3.8) is 0 Å². The van der Waals surface area contributed by atoms with Crippen molar-refractivity contribution < 1.29 is 9.84 Å². The number of aromatic hydroxyl groups is 1. The Morgan fingerprint density at radius 2 is 1.81 bits per heavy atom. The fourth-order valence-corrected chi connectivity index (χ4v) is 7.15. The molecule has 6 rings (SSSR count). The first kappa shape index (κ1) is 23.5. The second kappa shape index (κ2) is 9.18. The number of hydrogen-bond donors (Lipinski definition) is 1. The van der Waals surface area contributed by atoms with E-state index in [1.165, 1.54) is 16.9 Å². The van der Waals surface area contributed by atoms with E-state index >= 15 is 0 Å². The Kier molecular flexibility index (Phi) is 5.98. The van der Waals surface area contributed by atoms with E-state index in [1.54, 1.807) is 19.2 Å². The van der Waals surface area contributed by atoms with Crippen LogP contribution >= 0.6 is 43.2 Å². The summed E-state index contributed by atoms with van der Waals surface area (Å²) in [7, 11) is 1.65. The molecule has 0 radical (unpaired) electrons. The summed E-state index contributed by atoms with van der Waals surface area (Å²) in [5.74, 6) is 0.900. The number of thiazole rings is 1. The van der Waals surface area contributed by atoms with Gasteiger partial charge in [-0.05, 0) is 97.3 Å². The molecule has 1 N–H and O–H groups in total. The van der Waals surface area contributed by atoms with Gasteiger partial charge in [0.2, 0.25) is 0 Å². The molecule has 5 nitrogen and oxygen atoms in total. The minimum absolute atomic E-state index is 0.0784. The summed E-state index contributed by atoms with van der Waals surface area (Å²) in [6.45, 7) is 0. The van der Waals surface area contributed by atoms with E-state index < -0.39 is 0 Å². The summed E-state index contributed by atoms with van der Waals surface area (Å²) in [4.78, 5) is 19.6. The molecule has 1 aliphatic heterocycles. The summed E-state index contributed by atoms with van der Waals surface area (Å²) in [6, 6.07) is 19.7. The third kappa shape index (κ3) is 3.88. The van der Waals surface area contributed by atoms with Gasteiger partial charge in [0.05, 0.1) is 32.3 Å². The van der Waals surface area contributed by atoms with Gasteiger partial charge in [-0.3, -0.25) is 9.36 Å². The van der Waals surface area contributed by atoms with Gasteiger partial charge in [-0.25, -0.2) is 4.99 Å². The number of methoxy groups -OCH3 is 1. The molecule has 0 bridgehead atoms. The number of ether oxygens (including phenoxy) is 1. The Bertz CT molecular complexity index is 1710. The van der Waals surface area contributed by atoms with E-state index in [4.69, 9.17) is 9.73 Å². The first-order chi connectivity index (χ1) is 17.4. The maximum Gasteiger partial charge on any atom is 0.271 e. The highest BCUT2D eigenvalue weighted by Crippen LogP contribution is 2.41. The van der Waals surface area contributed by atoms with Crippen LogP contribution in [0.3, 0.4) is 0 Å². The van der Waals surface area contributed by atoms with E-state index in [0.29, 0.717) is 18.3 Å². The highest BCUT2D eigenvalue weighted by atomic mass is 79.9. The van der Waals surface area contributed by atoms with Crippen LogP contribution in [-0.2, 0) is 6.42 Å². The molecule has 8 heteroatoms. The third-order valence-corrected chi connectivity index (χ3v) is 8.83. The van der Waals surface area contributed by atoms with Gasteiger partial charge in [0, 0.05) is 5.56 Å². The van der Waals surface area contributed by atoms with Crippen LogP contribution in [0.15, 0.2) is 85.0 Å². The minimum atomic E-state index is -0.240. The summed E-state index contributed by atoms with van der Waals surface area (Å²) in [5.41, 5.74) is 6.30. The number of allylic oxidation sites excluding steroid dienone is 1. The third-order valence-electron chi connectivity index (χ3n) is 6.64. The minimum Gasteiger partial charge on any atom is -0.506 e. The highest BCUT2D eigenvalue weighted by Gasteiger charge is 2.32. The molecule has 36 heavy (non-hydrogen) atoms. The lowest BCUT2D eigenvalue weighted by molar-refractivity contribution is 0.414. The highest BCUT2D eigenvalue weighted by molar-refractivity contribution is 9.11. The van der Waals surface area contributed by atoms with Crippen LogP contribution in [0.5, 0.6) is 11.5 Å². The fraction of sp³-hybridized carbons (Fsp3) is 0.143. The molecule has 0 saturated carbocycles. The molecule has 0 unspecified atom stereocenters.